The summed E-state index contributed by atoms with van der Waals surface area (Å²) in [4.78, 5) is 43.0. The third-order valence-corrected chi connectivity index (χ3v) is 7.37. The van der Waals surface area contributed by atoms with Gasteiger partial charge < -0.3 is 10.6 Å². The lowest BCUT2D eigenvalue weighted by molar-refractivity contribution is -0.121. The maximum Gasteiger partial charge on any atom is 0.262 e. The standard InChI is InChI=1S/C29H31ClN4O3/c30-19-13-14-25-23(17-19)27(22-11-5-6-12-24(22)33-25)32-16-8-2-1-7-15-31-26(35)18-34-28(36)20-9-3-4-10-21(20)29(34)37/h3-4,9-10,13-14,17H,1-2,5-8,11-12,15-16,18H2,(H,31,35)(H,32,33). The SMILES string of the molecule is O=C(CN1C(=O)c2ccccc2C1=O)NCCCCCCNc1c2c(nc3ccc(Cl)cc13)CCCC2. The first-order valence-electron chi connectivity index (χ1n) is 13.1. The van der Waals surface area contributed by atoms with Crippen LogP contribution in [0.25, 0.3) is 10.9 Å². The largest absolute Gasteiger partial charge is 0.384 e. The Balaban J connectivity index is 1.04. The Morgan fingerprint density at radius 1 is 0.919 bits per heavy atom. The second-order valence-corrected chi connectivity index (χ2v) is 10.2. The van der Waals surface area contributed by atoms with E-state index in [1.54, 1.807) is 24.3 Å². The third-order valence-electron chi connectivity index (χ3n) is 7.13. The summed E-state index contributed by atoms with van der Waals surface area (Å²) < 4.78 is 0. The van der Waals surface area contributed by atoms with Crippen LogP contribution in [0.2, 0.25) is 5.02 Å². The molecular weight excluding hydrogens is 488 g/mol. The summed E-state index contributed by atoms with van der Waals surface area (Å²) in [6, 6.07) is 12.6. The summed E-state index contributed by atoms with van der Waals surface area (Å²) >= 11 is 6.29. The number of imide groups is 1. The van der Waals surface area contributed by atoms with Gasteiger partial charge in [-0.15, -0.1) is 0 Å². The van der Waals surface area contributed by atoms with Gasteiger partial charge in [-0.2, -0.15) is 0 Å². The molecule has 5 rings (SSSR count). The molecule has 7 nitrogen and oxygen atoms in total. The summed E-state index contributed by atoms with van der Waals surface area (Å²) in [7, 11) is 0. The van der Waals surface area contributed by atoms with E-state index in [2.05, 4.69) is 10.6 Å². The number of hydrogen-bond donors (Lipinski definition) is 2. The minimum atomic E-state index is -0.409. The lowest BCUT2D eigenvalue weighted by Gasteiger charge is -2.22. The van der Waals surface area contributed by atoms with E-state index in [0.29, 0.717) is 17.7 Å². The molecule has 2 heterocycles. The van der Waals surface area contributed by atoms with Gasteiger partial charge in [-0.1, -0.05) is 36.6 Å². The number of anilines is 1. The van der Waals surface area contributed by atoms with Crippen molar-refractivity contribution in [3.05, 3.63) is 69.9 Å². The highest BCUT2D eigenvalue weighted by Crippen LogP contribution is 2.34. The molecule has 0 atom stereocenters. The van der Waals surface area contributed by atoms with Crippen LogP contribution in [-0.4, -0.2) is 47.2 Å². The normalized spacial score (nSPS) is 14.6. The fraction of sp³-hybridized carbons (Fsp3) is 0.379. The van der Waals surface area contributed by atoms with Crippen LogP contribution in [-0.2, 0) is 17.6 Å². The topological polar surface area (TPSA) is 91.4 Å². The number of nitrogens with zero attached hydrogens (tertiary/aromatic N) is 2. The first-order chi connectivity index (χ1) is 18.0. The van der Waals surface area contributed by atoms with Crippen LogP contribution < -0.4 is 10.6 Å². The van der Waals surface area contributed by atoms with E-state index in [-0.39, 0.29) is 12.5 Å². The fourth-order valence-corrected chi connectivity index (χ4v) is 5.40. The maximum absolute atomic E-state index is 12.4. The van der Waals surface area contributed by atoms with Crippen LogP contribution in [0.4, 0.5) is 5.69 Å². The Kier molecular flexibility index (Phi) is 7.70. The minimum absolute atomic E-state index is 0.246. The second kappa shape index (κ2) is 11.3. The van der Waals surface area contributed by atoms with Gasteiger partial charge in [0.15, 0.2) is 0 Å². The molecule has 8 heteroatoms. The van der Waals surface area contributed by atoms with Gasteiger partial charge in [-0.25, -0.2) is 0 Å². The van der Waals surface area contributed by atoms with Gasteiger partial charge in [0.25, 0.3) is 11.8 Å². The molecule has 0 saturated carbocycles. The van der Waals surface area contributed by atoms with E-state index in [0.717, 1.165) is 65.9 Å². The Bertz CT molecular complexity index is 1320. The number of aryl methyl sites for hydroxylation is 1. The van der Waals surface area contributed by atoms with Crippen LogP contribution in [0.1, 0.15) is 70.5 Å². The molecule has 3 aromatic rings. The lowest BCUT2D eigenvalue weighted by atomic mass is 9.92. The summed E-state index contributed by atoms with van der Waals surface area (Å²) in [5.41, 5.74) is 5.43. The van der Waals surface area contributed by atoms with Crippen LogP contribution in [0.15, 0.2) is 42.5 Å². The van der Waals surface area contributed by atoms with Crippen LogP contribution in [0.5, 0.6) is 0 Å². The van der Waals surface area contributed by atoms with Gasteiger partial charge in [0.1, 0.15) is 6.54 Å². The number of carbonyl (C=O) groups excluding carboxylic acids is 3. The smallest absolute Gasteiger partial charge is 0.262 e. The monoisotopic (exact) mass is 518 g/mol. The van der Waals surface area contributed by atoms with E-state index >= 15 is 0 Å². The van der Waals surface area contributed by atoms with Crippen LogP contribution in [0, 0.1) is 0 Å². The van der Waals surface area contributed by atoms with Gasteiger partial charge in [0, 0.05) is 34.9 Å². The van der Waals surface area contributed by atoms with Crippen LogP contribution in [0.3, 0.4) is 0 Å². The van der Waals surface area contributed by atoms with Crippen molar-refractivity contribution in [2.45, 2.75) is 51.4 Å². The van der Waals surface area contributed by atoms with Crippen molar-refractivity contribution in [2.75, 3.05) is 25.0 Å². The average molecular weight is 519 g/mol. The van der Waals surface area contributed by atoms with Crippen molar-refractivity contribution in [3.8, 4) is 0 Å². The van der Waals surface area contributed by atoms with Gasteiger partial charge in [-0.3, -0.25) is 24.3 Å². The maximum atomic E-state index is 12.4. The number of hydrogen-bond acceptors (Lipinski definition) is 5. The van der Waals surface area contributed by atoms with Crippen molar-refractivity contribution < 1.29 is 14.4 Å². The number of fused-ring (bicyclic) bond motifs is 3. The lowest BCUT2D eigenvalue weighted by Crippen LogP contribution is -2.40. The number of benzene rings is 2. The van der Waals surface area contributed by atoms with Gasteiger partial charge in [-0.05, 0) is 74.4 Å². The molecule has 2 aromatic carbocycles. The van der Waals surface area contributed by atoms with Gasteiger partial charge in [0.05, 0.1) is 16.6 Å². The highest BCUT2D eigenvalue weighted by atomic mass is 35.5. The summed E-state index contributed by atoms with van der Waals surface area (Å²) in [5, 5.41) is 8.32. The highest BCUT2D eigenvalue weighted by Gasteiger charge is 2.36. The van der Waals surface area contributed by atoms with Crippen molar-refractivity contribution >= 4 is 45.9 Å². The van der Waals surface area contributed by atoms with Crippen molar-refractivity contribution in [1.29, 1.82) is 0 Å². The zero-order valence-electron chi connectivity index (χ0n) is 20.8. The molecule has 0 bridgehead atoms. The van der Waals surface area contributed by atoms with Crippen LogP contribution >= 0.6 is 11.6 Å². The molecule has 2 N–H and O–H groups in total. The first kappa shape index (κ1) is 25.2. The average Bonchev–Trinajstić information content (AvgIpc) is 3.14. The van der Waals surface area contributed by atoms with Crippen molar-refractivity contribution in [1.82, 2.24) is 15.2 Å². The number of carbonyl (C=O) groups is 3. The van der Waals surface area contributed by atoms with E-state index in [1.807, 2.05) is 18.2 Å². The Hall–Kier alpha value is -3.45. The zero-order valence-corrected chi connectivity index (χ0v) is 21.6. The predicted octanol–water partition coefficient (Wildman–Crippen LogP) is 5.15. The molecule has 0 unspecified atom stereocenters. The van der Waals surface area contributed by atoms with Crippen molar-refractivity contribution in [2.24, 2.45) is 0 Å². The number of pyridine rings is 1. The molecule has 2 aliphatic rings. The summed E-state index contributed by atoms with van der Waals surface area (Å²) in [6.07, 6.45) is 8.33. The van der Waals surface area contributed by atoms with E-state index < -0.39 is 11.8 Å². The van der Waals surface area contributed by atoms with E-state index in [1.165, 1.54) is 29.8 Å². The number of rotatable bonds is 10. The molecule has 0 radical (unpaired) electrons. The molecular formula is C29H31ClN4O3. The third kappa shape index (κ3) is 5.47. The molecule has 192 valence electrons. The predicted molar refractivity (Wildman–Crippen MR) is 145 cm³/mol. The first-order valence-corrected chi connectivity index (χ1v) is 13.5. The number of amides is 3. The van der Waals surface area contributed by atoms with Crippen molar-refractivity contribution in [3.63, 3.8) is 0 Å². The highest BCUT2D eigenvalue weighted by molar-refractivity contribution is 6.31. The molecule has 1 aliphatic heterocycles. The summed E-state index contributed by atoms with van der Waals surface area (Å²) in [6.45, 7) is 1.14. The number of nitrogens with one attached hydrogen (secondary N) is 2. The zero-order chi connectivity index (χ0) is 25.8. The quantitative estimate of drug-likeness (QED) is 0.286. The molecule has 1 aromatic heterocycles. The molecule has 37 heavy (non-hydrogen) atoms. The fourth-order valence-electron chi connectivity index (χ4n) is 5.22. The number of halogens is 1. The van der Waals surface area contributed by atoms with E-state index in [9.17, 15) is 14.4 Å². The molecule has 0 saturated heterocycles. The molecule has 0 fully saturated rings. The Morgan fingerprint density at radius 2 is 1.62 bits per heavy atom. The number of unbranched alkanes of at least 4 members (excludes halogenated alkanes) is 3. The Morgan fingerprint density at radius 3 is 2.38 bits per heavy atom. The molecule has 0 spiro atoms. The second-order valence-electron chi connectivity index (χ2n) is 9.71. The minimum Gasteiger partial charge on any atom is -0.384 e. The van der Waals surface area contributed by atoms with E-state index in [4.69, 9.17) is 16.6 Å². The van der Waals surface area contributed by atoms with Gasteiger partial charge >= 0.3 is 0 Å². The van der Waals surface area contributed by atoms with Gasteiger partial charge in [0.2, 0.25) is 5.91 Å². The molecule has 1 aliphatic carbocycles. The summed E-state index contributed by atoms with van der Waals surface area (Å²) in [5.74, 6) is -1.13. The molecule has 3 amide bonds. The number of aromatic nitrogens is 1. The Labute approximate surface area is 221 Å².